The maximum atomic E-state index is 6.24. The molecule has 1 fully saturated rings. The van der Waals surface area contributed by atoms with Gasteiger partial charge in [-0.3, -0.25) is 4.90 Å². The Morgan fingerprint density at radius 3 is 2.60 bits per heavy atom. The van der Waals surface area contributed by atoms with Crippen LogP contribution in [0.1, 0.15) is 25.3 Å². The van der Waals surface area contributed by atoms with Crippen LogP contribution in [0.15, 0.2) is 18.2 Å². The standard InChI is InChI=1S/C15H22Cl2N2.ClH/c1-2-18-10-12-6-8-19(9-7-12)11-13-4-3-5-14(16)15(13)17;/h3-5,12,18H,2,6-11H2,1H3;1H. The van der Waals surface area contributed by atoms with E-state index in [4.69, 9.17) is 23.2 Å². The van der Waals surface area contributed by atoms with Gasteiger partial charge in [0.05, 0.1) is 10.0 Å². The summed E-state index contributed by atoms with van der Waals surface area (Å²) in [4.78, 5) is 2.47. The normalized spacial score (nSPS) is 16.9. The highest BCUT2D eigenvalue weighted by molar-refractivity contribution is 6.42. The van der Waals surface area contributed by atoms with Crippen molar-refractivity contribution in [2.75, 3.05) is 26.2 Å². The van der Waals surface area contributed by atoms with Gasteiger partial charge in [-0.2, -0.15) is 0 Å². The van der Waals surface area contributed by atoms with E-state index in [1.54, 1.807) is 0 Å². The molecule has 1 saturated heterocycles. The quantitative estimate of drug-likeness (QED) is 0.864. The summed E-state index contributed by atoms with van der Waals surface area (Å²) in [6.07, 6.45) is 2.54. The number of hydrogen-bond acceptors (Lipinski definition) is 2. The zero-order valence-corrected chi connectivity index (χ0v) is 14.2. The maximum Gasteiger partial charge on any atom is 0.0637 e. The summed E-state index contributed by atoms with van der Waals surface area (Å²) < 4.78 is 0. The van der Waals surface area contributed by atoms with Gasteiger partial charge in [0.25, 0.3) is 0 Å². The number of likely N-dealkylation sites (tertiary alicyclic amines) is 1. The summed E-state index contributed by atoms with van der Waals surface area (Å²) in [6.45, 7) is 7.60. The Morgan fingerprint density at radius 2 is 1.95 bits per heavy atom. The Bertz CT molecular complexity index is 404. The van der Waals surface area contributed by atoms with Crippen LogP contribution in [-0.2, 0) is 6.54 Å². The van der Waals surface area contributed by atoms with Gasteiger partial charge in [0.15, 0.2) is 0 Å². The summed E-state index contributed by atoms with van der Waals surface area (Å²) in [7, 11) is 0. The topological polar surface area (TPSA) is 15.3 Å². The third-order valence-electron chi connectivity index (χ3n) is 3.82. The number of piperidine rings is 1. The van der Waals surface area contributed by atoms with Crippen molar-refractivity contribution < 1.29 is 0 Å². The molecular weight excluding hydrogens is 315 g/mol. The second-order valence-electron chi connectivity index (χ2n) is 5.24. The molecule has 0 aliphatic carbocycles. The van der Waals surface area contributed by atoms with Crippen molar-refractivity contribution in [3.8, 4) is 0 Å². The van der Waals surface area contributed by atoms with E-state index in [-0.39, 0.29) is 12.4 Å². The second-order valence-corrected chi connectivity index (χ2v) is 6.03. The molecule has 1 aliphatic rings. The Kier molecular flexibility index (Phi) is 8.23. The molecule has 1 aromatic carbocycles. The van der Waals surface area contributed by atoms with Crippen LogP contribution in [0, 0.1) is 5.92 Å². The summed E-state index contributed by atoms with van der Waals surface area (Å²) in [5.74, 6) is 0.825. The van der Waals surface area contributed by atoms with Crippen LogP contribution < -0.4 is 5.32 Å². The predicted molar refractivity (Wildman–Crippen MR) is 90.3 cm³/mol. The third kappa shape index (κ3) is 5.09. The first-order valence-corrected chi connectivity index (χ1v) is 7.82. The van der Waals surface area contributed by atoms with E-state index in [9.17, 15) is 0 Å². The molecule has 0 radical (unpaired) electrons. The van der Waals surface area contributed by atoms with E-state index in [2.05, 4.69) is 23.2 Å². The molecule has 5 heteroatoms. The van der Waals surface area contributed by atoms with Gasteiger partial charge < -0.3 is 5.32 Å². The van der Waals surface area contributed by atoms with Crippen LogP contribution >= 0.6 is 35.6 Å². The minimum atomic E-state index is 0. The number of nitrogens with one attached hydrogen (secondary N) is 1. The highest BCUT2D eigenvalue weighted by Crippen LogP contribution is 2.27. The molecule has 2 nitrogen and oxygen atoms in total. The Morgan fingerprint density at radius 1 is 1.25 bits per heavy atom. The largest absolute Gasteiger partial charge is 0.317 e. The molecule has 114 valence electrons. The van der Waals surface area contributed by atoms with E-state index in [0.29, 0.717) is 10.0 Å². The minimum absolute atomic E-state index is 0. The molecular formula is C15H23Cl3N2. The zero-order valence-electron chi connectivity index (χ0n) is 11.9. The molecule has 0 aromatic heterocycles. The minimum Gasteiger partial charge on any atom is -0.317 e. The van der Waals surface area contributed by atoms with Crippen LogP contribution in [-0.4, -0.2) is 31.1 Å². The fourth-order valence-corrected chi connectivity index (χ4v) is 2.99. The van der Waals surface area contributed by atoms with Crippen molar-refractivity contribution >= 4 is 35.6 Å². The van der Waals surface area contributed by atoms with E-state index < -0.39 is 0 Å². The molecule has 0 bridgehead atoms. The molecule has 0 saturated carbocycles. The maximum absolute atomic E-state index is 6.24. The molecule has 1 aromatic rings. The number of benzene rings is 1. The average molecular weight is 338 g/mol. The number of nitrogens with zero attached hydrogens (tertiary/aromatic N) is 1. The fourth-order valence-electron chi connectivity index (χ4n) is 2.61. The number of hydrogen-bond donors (Lipinski definition) is 1. The molecule has 2 rings (SSSR count). The van der Waals surface area contributed by atoms with Crippen LogP contribution in [0.2, 0.25) is 10.0 Å². The van der Waals surface area contributed by atoms with Gasteiger partial charge in [-0.05, 0) is 56.6 Å². The first-order valence-electron chi connectivity index (χ1n) is 7.06. The highest BCUT2D eigenvalue weighted by Gasteiger charge is 2.19. The van der Waals surface area contributed by atoms with Crippen molar-refractivity contribution in [1.29, 1.82) is 0 Å². The van der Waals surface area contributed by atoms with Gasteiger partial charge in [0, 0.05) is 6.54 Å². The fraction of sp³-hybridized carbons (Fsp3) is 0.600. The van der Waals surface area contributed by atoms with Gasteiger partial charge in [0.2, 0.25) is 0 Å². The first-order chi connectivity index (χ1) is 9.20. The Hall–Kier alpha value is 0.01000. The van der Waals surface area contributed by atoms with Gasteiger partial charge in [-0.25, -0.2) is 0 Å². The predicted octanol–water partition coefficient (Wildman–Crippen LogP) is 4.24. The van der Waals surface area contributed by atoms with E-state index in [0.717, 1.165) is 44.2 Å². The Balaban J connectivity index is 0.00000200. The van der Waals surface area contributed by atoms with Crippen molar-refractivity contribution in [3.05, 3.63) is 33.8 Å². The molecule has 1 heterocycles. The van der Waals surface area contributed by atoms with E-state index in [1.807, 2.05) is 12.1 Å². The first kappa shape index (κ1) is 18.1. The summed E-state index contributed by atoms with van der Waals surface area (Å²) >= 11 is 12.3. The second kappa shape index (κ2) is 9.11. The van der Waals surface area contributed by atoms with Crippen molar-refractivity contribution in [3.63, 3.8) is 0 Å². The van der Waals surface area contributed by atoms with Crippen molar-refractivity contribution in [2.45, 2.75) is 26.3 Å². The molecule has 0 spiro atoms. The monoisotopic (exact) mass is 336 g/mol. The van der Waals surface area contributed by atoms with Crippen molar-refractivity contribution in [1.82, 2.24) is 10.2 Å². The molecule has 1 aliphatic heterocycles. The molecule has 0 atom stereocenters. The number of halogens is 3. The van der Waals surface area contributed by atoms with Gasteiger partial charge >= 0.3 is 0 Å². The van der Waals surface area contributed by atoms with Gasteiger partial charge in [-0.1, -0.05) is 42.3 Å². The molecule has 1 N–H and O–H groups in total. The van der Waals surface area contributed by atoms with Gasteiger partial charge in [0.1, 0.15) is 0 Å². The Labute approximate surface area is 138 Å². The van der Waals surface area contributed by atoms with Crippen LogP contribution in [0.3, 0.4) is 0 Å². The lowest BCUT2D eigenvalue weighted by Crippen LogP contribution is -2.36. The zero-order chi connectivity index (χ0) is 13.7. The molecule has 0 amide bonds. The van der Waals surface area contributed by atoms with Crippen LogP contribution in [0.5, 0.6) is 0 Å². The van der Waals surface area contributed by atoms with Crippen LogP contribution in [0.4, 0.5) is 0 Å². The van der Waals surface area contributed by atoms with Crippen molar-refractivity contribution in [2.24, 2.45) is 5.92 Å². The lowest BCUT2D eigenvalue weighted by Gasteiger charge is -2.32. The summed E-state index contributed by atoms with van der Waals surface area (Å²) in [5, 5.41) is 4.80. The van der Waals surface area contributed by atoms with E-state index >= 15 is 0 Å². The van der Waals surface area contributed by atoms with E-state index in [1.165, 1.54) is 12.8 Å². The lowest BCUT2D eigenvalue weighted by atomic mass is 9.96. The SMILES string of the molecule is CCNCC1CCN(Cc2cccc(Cl)c2Cl)CC1.Cl. The lowest BCUT2D eigenvalue weighted by molar-refractivity contribution is 0.176. The molecule has 0 unspecified atom stereocenters. The van der Waals surface area contributed by atoms with Gasteiger partial charge in [-0.15, -0.1) is 12.4 Å². The summed E-state index contributed by atoms with van der Waals surface area (Å²) in [5.41, 5.74) is 1.14. The third-order valence-corrected chi connectivity index (χ3v) is 4.67. The molecule has 20 heavy (non-hydrogen) atoms. The average Bonchev–Trinajstić information content (AvgIpc) is 2.43. The number of rotatable bonds is 5. The highest BCUT2D eigenvalue weighted by atomic mass is 35.5. The van der Waals surface area contributed by atoms with Crippen LogP contribution in [0.25, 0.3) is 0 Å². The smallest absolute Gasteiger partial charge is 0.0637 e. The summed E-state index contributed by atoms with van der Waals surface area (Å²) in [6, 6.07) is 5.89.